The number of rotatable bonds is 5. The van der Waals surface area contributed by atoms with Crippen molar-refractivity contribution < 1.29 is 19.1 Å². The Labute approximate surface area is 229 Å². The van der Waals surface area contributed by atoms with E-state index in [9.17, 15) is 9.59 Å². The van der Waals surface area contributed by atoms with Crippen molar-refractivity contribution in [3.63, 3.8) is 0 Å². The first kappa shape index (κ1) is 26.4. The minimum absolute atomic E-state index is 0.268. The lowest BCUT2D eigenvalue weighted by Gasteiger charge is -2.32. The molecule has 1 N–H and O–H groups in total. The van der Waals surface area contributed by atoms with Crippen LogP contribution in [0.3, 0.4) is 0 Å². The van der Waals surface area contributed by atoms with E-state index >= 15 is 0 Å². The summed E-state index contributed by atoms with van der Waals surface area (Å²) >= 11 is 0. The van der Waals surface area contributed by atoms with Crippen molar-refractivity contribution in [2.75, 3.05) is 20.2 Å². The highest BCUT2D eigenvalue weighted by Gasteiger charge is 2.44. The number of likely N-dealkylation sites (tertiary alicyclic amines) is 1. The summed E-state index contributed by atoms with van der Waals surface area (Å²) in [5.41, 5.74) is 4.97. The number of aromatic nitrogens is 1. The van der Waals surface area contributed by atoms with Gasteiger partial charge in [0.25, 0.3) is 5.91 Å². The maximum Gasteiger partial charge on any atom is 0.410 e. The van der Waals surface area contributed by atoms with Crippen LogP contribution in [0.2, 0.25) is 0 Å². The standard InChI is InChI=1S/C31H34N4O4/c1-20-26-15-21(9-10-23(26)18-33-20)22-11-13-32-27(16-22)28(36)34-31(24-7-6-8-25(17-24)38-5)12-14-35(19-31)29(37)39-30(2,3)4/h6-11,13,15-17H,12,14,18-19H2,1-5H3,(H,34,36). The lowest BCUT2D eigenvalue weighted by atomic mass is 9.88. The van der Waals surface area contributed by atoms with Gasteiger partial charge in [-0.2, -0.15) is 0 Å². The Hall–Kier alpha value is -4.20. The van der Waals surface area contributed by atoms with Crippen LogP contribution >= 0.6 is 0 Å². The number of nitrogens with one attached hydrogen (secondary N) is 1. The van der Waals surface area contributed by atoms with Gasteiger partial charge in [0.2, 0.25) is 0 Å². The van der Waals surface area contributed by atoms with Gasteiger partial charge < -0.3 is 19.7 Å². The fourth-order valence-corrected chi connectivity index (χ4v) is 5.16. The molecule has 1 saturated heterocycles. The summed E-state index contributed by atoms with van der Waals surface area (Å²) in [6.07, 6.45) is 1.77. The van der Waals surface area contributed by atoms with Gasteiger partial charge in [-0.25, -0.2) is 4.79 Å². The first-order valence-electron chi connectivity index (χ1n) is 13.1. The monoisotopic (exact) mass is 526 g/mol. The average molecular weight is 527 g/mol. The Balaban J connectivity index is 1.44. The molecule has 0 radical (unpaired) electrons. The Morgan fingerprint density at radius 1 is 1.05 bits per heavy atom. The Kier molecular flexibility index (Phi) is 6.89. The minimum Gasteiger partial charge on any atom is -0.497 e. The van der Waals surface area contributed by atoms with Gasteiger partial charge >= 0.3 is 6.09 Å². The number of nitrogens with zero attached hydrogens (tertiary/aromatic N) is 3. The van der Waals surface area contributed by atoms with Gasteiger partial charge in [-0.15, -0.1) is 0 Å². The number of carbonyl (C=O) groups is 2. The van der Waals surface area contributed by atoms with Gasteiger partial charge in [-0.3, -0.25) is 14.8 Å². The molecule has 5 rings (SSSR count). The van der Waals surface area contributed by atoms with Crippen molar-refractivity contribution in [1.82, 2.24) is 15.2 Å². The molecule has 2 aliphatic heterocycles. The lowest BCUT2D eigenvalue weighted by molar-refractivity contribution is 0.0278. The number of pyridine rings is 1. The third-order valence-electron chi connectivity index (χ3n) is 7.21. The molecule has 2 aliphatic rings. The number of carbonyl (C=O) groups excluding carboxylic acids is 2. The highest BCUT2D eigenvalue weighted by atomic mass is 16.6. The number of fused-ring (bicyclic) bond motifs is 1. The van der Waals surface area contributed by atoms with Crippen molar-refractivity contribution in [2.24, 2.45) is 4.99 Å². The van der Waals surface area contributed by atoms with E-state index in [2.05, 4.69) is 33.5 Å². The number of amides is 2. The molecule has 2 amide bonds. The number of aliphatic imine (C=N–C) groups is 1. The predicted molar refractivity (Wildman–Crippen MR) is 150 cm³/mol. The highest BCUT2D eigenvalue weighted by Crippen LogP contribution is 2.35. The lowest BCUT2D eigenvalue weighted by Crippen LogP contribution is -2.49. The number of hydrogen-bond donors (Lipinski definition) is 1. The van der Waals surface area contributed by atoms with Crippen LogP contribution in [0, 0.1) is 0 Å². The fourth-order valence-electron chi connectivity index (χ4n) is 5.16. The molecule has 1 fully saturated rings. The number of methoxy groups -OCH3 is 1. The van der Waals surface area contributed by atoms with Crippen LogP contribution in [-0.2, 0) is 16.8 Å². The predicted octanol–water partition coefficient (Wildman–Crippen LogP) is 5.35. The number of benzene rings is 2. The van der Waals surface area contributed by atoms with Crippen molar-refractivity contribution in [3.8, 4) is 16.9 Å². The van der Waals surface area contributed by atoms with Gasteiger partial charge in [0, 0.05) is 24.0 Å². The smallest absolute Gasteiger partial charge is 0.410 e. The topological polar surface area (TPSA) is 93.1 Å². The molecule has 8 nitrogen and oxygen atoms in total. The molecule has 202 valence electrons. The largest absolute Gasteiger partial charge is 0.497 e. The van der Waals surface area contributed by atoms with E-state index in [1.165, 1.54) is 5.56 Å². The van der Waals surface area contributed by atoms with Crippen LogP contribution in [0.25, 0.3) is 11.1 Å². The molecule has 39 heavy (non-hydrogen) atoms. The van der Waals surface area contributed by atoms with Crippen molar-refractivity contribution in [3.05, 3.63) is 83.2 Å². The van der Waals surface area contributed by atoms with E-state index < -0.39 is 17.2 Å². The molecular weight excluding hydrogens is 492 g/mol. The van der Waals surface area contributed by atoms with E-state index in [-0.39, 0.29) is 12.5 Å². The molecule has 1 unspecified atom stereocenters. The molecule has 8 heteroatoms. The summed E-state index contributed by atoms with van der Waals surface area (Å²) in [7, 11) is 1.60. The van der Waals surface area contributed by atoms with E-state index in [0.717, 1.165) is 28.0 Å². The van der Waals surface area contributed by atoms with Crippen LogP contribution in [0.5, 0.6) is 5.75 Å². The summed E-state index contributed by atoms with van der Waals surface area (Å²) in [4.78, 5) is 37.2. The molecule has 0 aliphatic carbocycles. The van der Waals surface area contributed by atoms with Gasteiger partial charge in [0.05, 0.1) is 25.7 Å². The second kappa shape index (κ2) is 10.2. The van der Waals surface area contributed by atoms with Gasteiger partial charge in [0.1, 0.15) is 17.0 Å². The minimum atomic E-state index is -0.832. The zero-order chi connectivity index (χ0) is 27.8. The second-order valence-corrected chi connectivity index (χ2v) is 11.1. The molecular formula is C31H34N4O4. The number of ether oxygens (including phenoxy) is 2. The molecule has 0 spiro atoms. The fraction of sp³-hybridized carbons (Fsp3) is 0.355. The quantitative estimate of drug-likeness (QED) is 0.484. The maximum atomic E-state index is 13.7. The zero-order valence-corrected chi connectivity index (χ0v) is 23.1. The van der Waals surface area contributed by atoms with Crippen molar-refractivity contribution in [2.45, 2.75) is 51.8 Å². The average Bonchev–Trinajstić information content (AvgIpc) is 3.52. The second-order valence-electron chi connectivity index (χ2n) is 11.1. The molecule has 3 aromatic rings. The van der Waals surface area contributed by atoms with Crippen LogP contribution in [0.15, 0.2) is 65.8 Å². The van der Waals surface area contributed by atoms with Crippen molar-refractivity contribution >= 4 is 17.7 Å². The Morgan fingerprint density at radius 2 is 1.85 bits per heavy atom. The third kappa shape index (κ3) is 5.50. The Morgan fingerprint density at radius 3 is 2.62 bits per heavy atom. The summed E-state index contributed by atoms with van der Waals surface area (Å²) < 4.78 is 11.1. The zero-order valence-electron chi connectivity index (χ0n) is 23.1. The molecule has 0 bridgehead atoms. The van der Waals surface area contributed by atoms with Crippen LogP contribution in [0.4, 0.5) is 4.79 Å². The van der Waals surface area contributed by atoms with Gasteiger partial charge in [0.15, 0.2) is 0 Å². The molecule has 0 saturated carbocycles. The first-order chi connectivity index (χ1) is 18.6. The highest BCUT2D eigenvalue weighted by molar-refractivity contribution is 6.03. The third-order valence-corrected chi connectivity index (χ3v) is 7.21. The SMILES string of the molecule is COc1cccc(C2(NC(=O)c3cc(-c4ccc5c(c4)C(C)=NC5)ccn3)CCN(C(=O)OC(C)(C)C)C2)c1. The Bertz CT molecular complexity index is 1460. The summed E-state index contributed by atoms with van der Waals surface area (Å²) in [5, 5.41) is 3.23. The van der Waals surface area contributed by atoms with E-state index in [1.807, 2.05) is 58.0 Å². The molecule has 3 heterocycles. The number of hydrogen-bond acceptors (Lipinski definition) is 6. The van der Waals surface area contributed by atoms with E-state index in [4.69, 9.17) is 9.47 Å². The van der Waals surface area contributed by atoms with Crippen LogP contribution < -0.4 is 10.1 Å². The maximum absolute atomic E-state index is 13.7. The normalized spacial score (nSPS) is 18.4. The van der Waals surface area contributed by atoms with E-state index in [1.54, 1.807) is 24.3 Å². The van der Waals surface area contributed by atoms with Gasteiger partial charge in [-0.1, -0.05) is 24.3 Å². The summed E-state index contributed by atoms with van der Waals surface area (Å²) in [6.45, 7) is 8.95. The van der Waals surface area contributed by atoms with Crippen molar-refractivity contribution in [1.29, 1.82) is 0 Å². The van der Waals surface area contributed by atoms with Gasteiger partial charge in [-0.05, 0) is 86.7 Å². The summed E-state index contributed by atoms with van der Waals surface area (Å²) in [5.74, 6) is 0.358. The van der Waals surface area contributed by atoms with Crippen LogP contribution in [0.1, 0.15) is 61.3 Å². The van der Waals surface area contributed by atoms with Crippen LogP contribution in [-0.4, -0.2) is 53.4 Å². The summed E-state index contributed by atoms with van der Waals surface area (Å²) in [6, 6.07) is 17.5. The molecule has 2 aromatic carbocycles. The van der Waals surface area contributed by atoms with E-state index in [0.29, 0.717) is 31.0 Å². The first-order valence-corrected chi connectivity index (χ1v) is 13.1. The molecule has 1 atom stereocenters. The molecule has 1 aromatic heterocycles.